The second-order valence-corrected chi connectivity index (χ2v) is 3.10. The molecule has 72 valence electrons. The van der Waals surface area contributed by atoms with Crippen LogP contribution in [-0.2, 0) is 0 Å². The van der Waals surface area contributed by atoms with Crippen LogP contribution in [0.2, 0.25) is 0 Å². The summed E-state index contributed by atoms with van der Waals surface area (Å²) in [6.07, 6.45) is 1.67. The van der Waals surface area contributed by atoms with Gasteiger partial charge < -0.3 is 10.8 Å². The van der Waals surface area contributed by atoms with E-state index in [1.165, 1.54) is 12.1 Å². The Labute approximate surface area is 77.2 Å². The van der Waals surface area contributed by atoms with Crippen LogP contribution in [0.15, 0.2) is 18.2 Å². The molecule has 1 aromatic carbocycles. The molecular formula is C10H14FNO. The Hall–Kier alpha value is -1.09. The summed E-state index contributed by atoms with van der Waals surface area (Å²) in [7, 11) is 0. The van der Waals surface area contributed by atoms with Gasteiger partial charge >= 0.3 is 0 Å². The van der Waals surface area contributed by atoms with Crippen LogP contribution in [0.3, 0.4) is 0 Å². The van der Waals surface area contributed by atoms with Crippen LogP contribution >= 0.6 is 0 Å². The van der Waals surface area contributed by atoms with Gasteiger partial charge in [0.15, 0.2) is 0 Å². The predicted molar refractivity (Wildman–Crippen MR) is 49.9 cm³/mol. The number of hydrogen-bond acceptors (Lipinski definition) is 2. The van der Waals surface area contributed by atoms with E-state index in [-0.39, 0.29) is 11.8 Å². The predicted octanol–water partition coefficient (Wildman–Crippen LogP) is 2.33. The third-order valence-electron chi connectivity index (χ3n) is 1.98. The first-order chi connectivity index (χ1) is 6.15. The Morgan fingerprint density at radius 3 is 2.77 bits per heavy atom. The van der Waals surface area contributed by atoms with Crippen LogP contribution in [0.1, 0.15) is 31.4 Å². The highest BCUT2D eigenvalue weighted by Gasteiger charge is 2.10. The summed E-state index contributed by atoms with van der Waals surface area (Å²) in [6, 6.07) is 3.80. The van der Waals surface area contributed by atoms with Gasteiger partial charge in [-0.25, -0.2) is 4.39 Å². The molecule has 0 saturated carbocycles. The van der Waals surface area contributed by atoms with Gasteiger partial charge in [-0.1, -0.05) is 19.4 Å². The van der Waals surface area contributed by atoms with Gasteiger partial charge in [-0.3, -0.25) is 0 Å². The first kappa shape index (κ1) is 9.99. The summed E-state index contributed by atoms with van der Waals surface area (Å²) < 4.78 is 13.2. The minimum atomic E-state index is -0.430. The summed E-state index contributed by atoms with van der Waals surface area (Å²) in [4.78, 5) is 0. The SMILES string of the molecule is CCC[C@H](N)c1ccc(O)cc1F. The van der Waals surface area contributed by atoms with Gasteiger partial charge in [0.2, 0.25) is 0 Å². The van der Waals surface area contributed by atoms with E-state index >= 15 is 0 Å². The Kier molecular flexibility index (Phi) is 3.25. The van der Waals surface area contributed by atoms with Gasteiger partial charge in [-0.15, -0.1) is 0 Å². The zero-order valence-electron chi connectivity index (χ0n) is 7.63. The zero-order chi connectivity index (χ0) is 9.84. The molecule has 3 heteroatoms. The van der Waals surface area contributed by atoms with Crippen molar-refractivity contribution in [2.75, 3.05) is 0 Å². The topological polar surface area (TPSA) is 46.2 Å². The molecule has 1 aromatic rings. The molecule has 0 fully saturated rings. The molecule has 0 heterocycles. The molecule has 0 aliphatic rings. The average molecular weight is 183 g/mol. The Bertz CT molecular complexity index is 288. The number of hydrogen-bond donors (Lipinski definition) is 2. The molecule has 13 heavy (non-hydrogen) atoms. The number of phenols is 1. The Morgan fingerprint density at radius 2 is 2.23 bits per heavy atom. The minimum Gasteiger partial charge on any atom is -0.508 e. The fourth-order valence-corrected chi connectivity index (χ4v) is 1.28. The molecule has 0 saturated heterocycles. The second-order valence-electron chi connectivity index (χ2n) is 3.10. The van der Waals surface area contributed by atoms with E-state index in [0.29, 0.717) is 5.56 Å². The average Bonchev–Trinajstić information content (AvgIpc) is 2.04. The van der Waals surface area contributed by atoms with Crippen molar-refractivity contribution in [3.05, 3.63) is 29.6 Å². The fourth-order valence-electron chi connectivity index (χ4n) is 1.28. The normalized spacial score (nSPS) is 12.8. The monoisotopic (exact) mass is 183 g/mol. The van der Waals surface area contributed by atoms with E-state index in [1.54, 1.807) is 0 Å². The largest absolute Gasteiger partial charge is 0.508 e. The molecule has 0 unspecified atom stereocenters. The lowest BCUT2D eigenvalue weighted by atomic mass is 10.0. The standard InChI is InChI=1S/C10H14FNO/c1-2-3-10(12)8-5-4-7(13)6-9(8)11/h4-6,10,13H,2-3,12H2,1H3/t10-/m0/s1. The maximum atomic E-state index is 13.2. The van der Waals surface area contributed by atoms with Crippen LogP contribution < -0.4 is 5.73 Å². The van der Waals surface area contributed by atoms with Crippen molar-refractivity contribution < 1.29 is 9.50 Å². The Morgan fingerprint density at radius 1 is 1.54 bits per heavy atom. The third kappa shape index (κ3) is 2.42. The highest BCUT2D eigenvalue weighted by Crippen LogP contribution is 2.22. The van der Waals surface area contributed by atoms with Crippen molar-refractivity contribution in [1.29, 1.82) is 0 Å². The summed E-state index contributed by atoms with van der Waals surface area (Å²) in [5.41, 5.74) is 6.21. The molecule has 2 nitrogen and oxygen atoms in total. The smallest absolute Gasteiger partial charge is 0.131 e. The van der Waals surface area contributed by atoms with Crippen LogP contribution in [0, 0.1) is 5.82 Å². The van der Waals surface area contributed by atoms with E-state index in [1.807, 2.05) is 6.92 Å². The van der Waals surface area contributed by atoms with Gasteiger partial charge in [-0.2, -0.15) is 0 Å². The van der Waals surface area contributed by atoms with E-state index in [9.17, 15) is 4.39 Å². The van der Waals surface area contributed by atoms with Gasteiger partial charge in [-0.05, 0) is 12.5 Å². The number of nitrogens with two attached hydrogens (primary N) is 1. The lowest BCUT2D eigenvalue weighted by Gasteiger charge is -2.11. The highest BCUT2D eigenvalue weighted by molar-refractivity contribution is 5.29. The van der Waals surface area contributed by atoms with Crippen LogP contribution in [-0.4, -0.2) is 5.11 Å². The number of aromatic hydroxyl groups is 1. The van der Waals surface area contributed by atoms with E-state index in [2.05, 4.69) is 0 Å². The Balaban J connectivity index is 2.88. The van der Waals surface area contributed by atoms with Crippen molar-refractivity contribution in [3.63, 3.8) is 0 Å². The molecular weight excluding hydrogens is 169 g/mol. The molecule has 0 amide bonds. The second kappa shape index (κ2) is 4.23. The first-order valence-corrected chi connectivity index (χ1v) is 4.39. The minimum absolute atomic E-state index is 0.0649. The number of rotatable bonds is 3. The molecule has 0 bridgehead atoms. The van der Waals surface area contributed by atoms with Crippen LogP contribution in [0.25, 0.3) is 0 Å². The summed E-state index contributed by atoms with van der Waals surface area (Å²) in [5, 5.41) is 8.97. The van der Waals surface area contributed by atoms with E-state index < -0.39 is 5.82 Å². The lowest BCUT2D eigenvalue weighted by Crippen LogP contribution is -2.11. The quantitative estimate of drug-likeness (QED) is 0.755. The van der Waals surface area contributed by atoms with Gasteiger partial charge in [0.1, 0.15) is 11.6 Å². The van der Waals surface area contributed by atoms with E-state index in [4.69, 9.17) is 10.8 Å². The molecule has 1 atom stereocenters. The zero-order valence-corrected chi connectivity index (χ0v) is 7.63. The molecule has 3 N–H and O–H groups in total. The van der Waals surface area contributed by atoms with Gasteiger partial charge in [0, 0.05) is 17.7 Å². The third-order valence-corrected chi connectivity index (χ3v) is 1.98. The van der Waals surface area contributed by atoms with Crippen molar-refractivity contribution in [2.24, 2.45) is 5.73 Å². The lowest BCUT2D eigenvalue weighted by molar-refractivity contribution is 0.465. The van der Waals surface area contributed by atoms with Gasteiger partial charge in [0.25, 0.3) is 0 Å². The molecule has 0 spiro atoms. The maximum absolute atomic E-state index is 13.2. The van der Waals surface area contributed by atoms with Crippen molar-refractivity contribution in [2.45, 2.75) is 25.8 Å². The van der Waals surface area contributed by atoms with Crippen molar-refractivity contribution >= 4 is 0 Å². The molecule has 0 radical (unpaired) electrons. The van der Waals surface area contributed by atoms with Crippen molar-refractivity contribution in [1.82, 2.24) is 0 Å². The molecule has 0 aliphatic carbocycles. The van der Waals surface area contributed by atoms with Crippen LogP contribution in [0.5, 0.6) is 5.75 Å². The summed E-state index contributed by atoms with van der Waals surface area (Å²) in [5.74, 6) is -0.495. The number of benzene rings is 1. The fraction of sp³-hybridized carbons (Fsp3) is 0.400. The summed E-state index contributed by atoms with van der Waals surface area (Å²) in [6.45, 7) is 2.00. The van der Waals surface area contributed by atoms with Gasteiger partial charge in [0.05, 0.1) is 0 Å². The first-order valence-electron chi connectivity index (χ1n) is 4.39. The molecule has 0 aromatic heterocycles. The van der Waals surface area contributed by atoms with Crippen LogP contribution in [0.4, 0.5) is 4.39 Å². The summed E-state index contributed by atoms with van der Waals surface area (Å²) >= 11 is 0. The highest BCUT2D eigenvalue weighted by atomic mass is 19.1. The number of phenolic OH excluding ortho intramolecular Hbond substituents is 1. The van der Waals surface area contributed by atoms with E-state index in [0.717, 1.165) is 18.9 Å². The maximum Gasteiger partial charge on any atom is 0.131 e. The number of halogens is 1. The van der Waals surface area contributed by atoms with Crippen molar-refractivity contribution in [3.8, 4) is 5.75 Å². The molecule has 0 aliphatic heterocycles. The molecule has 1 rings (SSSR count).